The number of aliphatic hydroxyl groups excluding tert-OH is 1. The Morgan fingerprint density at radius 2 is 2.14 bits per heavy atom. The zero-order valence-electron chi connectivity index (χ0n) is 8.66. The van der Waals surface area contributed by atoms with Crippen LogP contribution in [0.25, 0.3) is 0 Å². The molecule has 3 heteroatoms. The van der Waals surface area contributed by atoms with E-state index in [1.807, 2.05) is 31.3 Å². The number of para-hydroxylation sites is 1. The van der Waals surface area contributed by atoms with Gasteiger partial charge < -0.3 is 15.2 Å². The normalized spacial score (nSPS) is 12.5. The third-order valence-electron chi connectivity index (χ3n) is 1.82. The first-order valence-electron chi connectivity index (χ1n) is 4.77. The Morgan fingerprint density at radius 1 is 1.43 bits per heavy atom. The Hall–Kier alpha value is -1.06. The van der Waals surface area contributed by atoms with Crippen LogP contribution >= 0.6 is 0 Å². The van der Waals surface area contributed by atoms with Gasteiger partial charge in [0, 0.05) is 12.1 Å². The largest absolute Gasteiger partial charge is 0.491 e. The van der Waals surface area contributed by atoms with Crippen LogP contribution in [0.2, 0.25) is 0 Å². The average Bonchev–Trinajstić information content (AvgIpc) is 2.17. The van der Waals surface area contributed by atoms with Crippen molar-refractivity contribution in [1.82, 2.24) is 5.32 Å². The molecule has 0 fully saturated rings. The molecule has 1 aromatic carbocycles. The molecule has 2 N–H and O–H groups in total. The van der Waals surface area contributed by atoms with Crippen LogP contribution in [-0.4, -0.2) is 24.9 Å². The Balaban J connectivity index is 2.64. The van der Waals surface area contributed by atoms with Crippen LogP contribution in [0, 0.1) is 0 Å². The standard InChI is InChI=1S/C11H17NO2/c1-9(13)8-14-11-6-4-3-5-10(11)7-12-2/h3-6,9,12-13H,7-8H2,1-2H3. The van der Waals surface area contributed by atoms with Crippen LogP contribution in [0.1, 0.15) is 12.5 Å². The van der Waals surface area contributed by atoms with Crippen molar-refractivity contribution in [2.45, 2.75) is 19.6 Å². The molecule has 0 amide bonds. The van der Waals surface area contributed by atoms with Crippen molar-refractivity contribution in [3.8, 4) is 5.75 Å². The Kier molecular flexibility index (Phi) is 4.43. The highest BCUT2D eigenvalue weighted by atomic mass is 16.5. The van der Waals surface area contributed by atoms with E-state index in [4.69, 9.17) is 9.84 Å². The summed E-state index contributed by atoms with van der Waals surface area (Å²) in [6, 6.07) is 7.82. The maximum Gasteiger partial charge on any atom is 0.123 e. The minimum atomic E-state index is -0.433. The van der Waals surface area contributed by atoms with Crippen LogP contribution in [0.3, 0.4) is 0 Å². The number of rotatable bonds is 5. The molecule has 0 spiro atoms. The van der Waals surface area contributed by atoms with E-state index >= 15 is 0 Å². The first-order valence-corrected chi connectivity index (χ1v) is 4.77. The molecule has 0 heterocycles. The van der Waals surface area contributed by atoms with E-state index in [1.165, 1.54) is 0 Å². The van der Waals surface area contributed by atoms with Gasteiger partial charge in [0.1, 0.15) is 12.4 Å². The Bertz CT molecular complexity index is 274. The molecule has 1 unspecified atom stereocenters. The summed E-state index contributed by atoms with van der Waals surface area (Å²) < 4.78 is 5.46. The smallest absolute Gasteiger partial charge is 0.123 e. The fourth-order valence-corrected chi connectivity index (χ4v) is 1.19. The lowest BCUT2D eigenvalue weighted by atomic mass is 10.2. The molecule has 0 aliphatic heterocycles. The predicted molar refractivity (Wildman–Crippen MR) is 56.4 cm³/mol. The minimum absolute atomic E-state index is 0.334. The summed E-state index contributed by atoms with van der Waals surface area (Å²) in [6.45, 7) is 2.82. The van der Waals surface area contributed by atoms with Crippen molar-refractivity contribution in [1.29, 1.82) is 0 Å². The summed E-state index contributed by atoms with van der Waals surface area (Å²) in [5.41, 5.74) is 1.11. The van der Waals surface area contributed by atoms with Gasteiger partial charge >= 0.3 is 0 Å². The Labute approximate surface area is 84.7 Å². The van der Waals surface area contributed by atoms with Crippen LogP contribution in [0.15, 0.2) is 24.3 Å². The first-order chi connectivity index (χ1) is 6.74. The zero-order valence-corrected chi connectivity index (χ0v) is 8.66. The SMILES string of the molecule is CNCc1ccccc1OCC(C)O. The number of aliphatic hydroxyl groups is 1. The highest BCUT2D eigenvalue weighted by Gasteiger charge is 2.02. The molecule has 78 valence electrons. The summed E-state index contributed by atoms with van der Waals surface area (Å²) in [7, 11) is 1.89. The van der Waals surface area contributed by atoms with Gasteiger partial charge in [-0.05, 0) is 20.0 Å². The van der Waals surface area contributed by atoms with Gasteiger partial charge in [-0.1, -0.05) is 18.2 Å². The lowest BCUT2D eigenvalue weighted by Crippen LogP contribution is -2.14. The van der Waals surface area contributed by atoms with Gasteiger partial charge in [0.2, 0.25) is 0 Å². The van der Waals surface area contributed by atoms with Gasteiger partial charge in [-0.3, -0.25) is 0 Å². The van der Waals surface area contributed by atoms with Gasteiger partial charge in [0.25, 0.3) is 0 Å². The number of hydrogen-bond donors (Lipinski definition) is 2. The third kappa shape index (κ3) is 3.36. The molecule has 0 saturated heterocycles. The van der Waals surface area contributed by atoms with Gasteiger partial charge in [-0.25, -0.2) is 0 Å². The highest BCUT2D eigenvalue weighted by Crippen LogP contribution is 2.17. The number of ether oxygens (including phenoxy) is 1. The lowest BCUT2D eigenvalue weighted by Gasteiger charge is -2.12. The van der Waals surface area contributed by atoms with E-state index in [0.717, 1.165) is 17.9 Å². The average molecular weight is 195 g/mol. The first kappa shape index (κ1) is 11.0. The molecular weight excluding hydrogens is 178 g/mol. The van der Waals surface area contributed by atoms with E-state index in [9.17, 15) is 0 Å². The second-order valence-corrected chi connectivity index (χ2v) is 3.30. The molecule has 0 aliphatic carbocycles. The molecule has 3 nitrogen and oxygen atoms in total. The topological polar surface area (TPSA) is 41.5 Å². The number of benzene rings is 1. The van der Waals surface area contributed by atoms with Crippen molar-refractivity contribution < 1.29 is 9.84 Å². The fourth-order valence-electron chi connectivity index (χ4n) is 1.19. The van der Waals surface area contributed by atoms with Gasteiger partial charge in [-0.15, -0.1) is 0 Å². The van der Waals surface area contributed by atoms with E-state index < -0.39 is 6.10 Å². The Morgan fingerprint density at radius 3 is 2.79 bits per heavy atom. The van der Waals surface area contributed by atoms with E-state index in [-0.39, 0.29) is 0 Å². The quantitative estimate of drug-likeness (QED) is 0.741. The van der Waals surface area contributed by atoms with E-state index in [1.54, 1.807) is 6.92 Å². The van der Waals surface area contributed by atoms with Crippen LogP contribution in [-0.2, 0) is 6.54 Å². The highest BCUT2D eigenvalue weighted by molar-refractivity contribution is 5.33. The molecule has 0 aliphatic rings. The maximum atomic E-state index is 9.09. The molecule has 1 rings (SSSR count). The van der Waals surface area contributed by atoms with E-state index in [2.05, 4.69) is 5.32 Å². The second kappa shape index (κ2) is 5.62. The molecule has 1 atom stereocenters. The molecule has 0 radical (unpaired) electrons. The summed E-state index contributed by atoms with van der Waals surface area (Å²) in [5, 5.41) is 12.2. The minimum Gasteiger partial charge on any atom is -0.491 e. The van der Waals surface area contributed by atoms with Crippen molar-refractivity contribution >= 4 is 0 Å². The summed E-state index contributed by atoms with van der Waals surface area (Å²) >= 11 is 0. The monoisotopic (exact) mass is 195 g/mol. The van der Waals surface area contributed by atoms with Crippen LogP contribution in [0.5, 0.6) is 5.75 Å². The van der Waals surface area contributed by atoms with Crippen molar-refractivity contribution in [2.75, 3.05) is 13.7 Å². The van der Waals surface area contributed by atoms with Crippen molar-refractivity contribution in [3.63, 3.8) is 0 Å². The van der Waals surface area contributed by atoms with Crippen LogP contribution < -0.4 is 10.1 Å². The van der Waals surface area contributed by atoms with Gasteiger partial charge in [0.15, 0.2) is 0 Å². The summed E-state index contributed by atoms with van der Waals surface area (Å²) in [4.78, 5) is 0. The molecule has 1 aromatic rings. The zero-order chi connectivity index (χ0) is 10.4. The predicted octanol–water partition coefficient (Wildman–Crippen LogP) is 1.17. The summed E-state index contributed by atoms with van der Waals surface area (Å²) in [5.74, 6) is 0.836. The van der Waals surface area contributed by atoms with Gasteiger partial charge in [0.05, 0.1) is 6.10 Å². The lowest BCUT2D eigenvalue weighted by molar-refractivity contribution is 0.122. The fraction of sp³-hybridized carbons (Fsp3) is 0.455. The molecular formula is C11H17NO2. The number of nitrogens with one attached hydrogen (secondary N) is 1. The van der Waals surface area contributed by atoms with Gasteiger partial charge in [-0.2, -0.15) is 0 Å². The van der Waals surface area contributed by atoms with Crippen molar-refractivity contribution in [2.24, 2.45) is 0 Å². The van der Waals surface area contributed by atoms with Crippen LogP contribution in [0.4, 0.5) is 0 Å². The maximum absolute atomic E-state index is 9.09. The second-order valence-electron chi connectivity index (χ2n) is 3.30. The summed E-state index contributed by atoms with van der Waals surface area (Å²) in [6.07, 6.45) is -0.433. The third-order valence-corrected chi connectivity index (χ3v) is 1.82. The molecule has 0 aromatic heterocycles. The molecule has 0 saturated carbocycles. The number of hydrogen-bond acceptors (Lipinski definition) is 3. The van der Waals surface area contributed by atoms with Crippen molar-refractivity contribution in [3.05, 3.63) is 29.8 Å². The molecule has 0 bridgehead atoms. The molecule has 14 heavy (non-hydrogen) atoms. The van der Waals surface area contributed by atoms with E-state index in [0.29, 0.717) is 6.61 Å².